The van der Waals surface area contributed by atoms with Gasteiger partial charge in [-0.05, 0) is 100 Å². The van der Waals surface area contributed by atoms with Crippen LogP contribution in [0.4, 0.5) is 0 Å². The molecule has 3 aliphatic heterocycles. The van der Waals surface area contributed by atoms with E-state index in [0.29, 0.717) is 22.2 Å². The average Bonchev–Trinajstić information content (AvgIpc) is 3.22. The van der Waals surface area contributed by atoms with E-state index in [-0.39, 0.29) is 17.8 Å². The molecule has 0 aromatic heterocycles. The van der Waals surface area contributed by atoms with Gasteiger partial charge in [-0.2, -0.15) is 0 Å². The average molecular weight is 631 g/mol. The number of amides is 1. The fraction of sp³-hybridized carbons (Fsp3) is 0.478. The fourth-order valence-corrected chi connectivity index (χ4v) is 7.25. The summed E-state index contributed by atoms with van der Waals surface area (Å²) in [6.07, 6.45) is 7.26. The van der Waals surface area contributed by atoms with E-state index in [1.807, 2.05) is 27.5 Å². The largest absolute Gasteiger partial charge is 0.495 e. The van der Waals surface area contributed by atoms with Crippen LogP contribution in [0.25, 0.3) is 6.08 Å². The quantitative estimate of drug-likeness (QED) is 0.347. The van der Waals surface area contributed by atoms with E-state index >= 15 is 0 Å². The molecule has 1 saturated carbocycles. The number of nitrogens with zero attached hydrogens (tertiary/aromatic N) is 1. The predicted octanol–water partition coefficient (Wildman–Crippen LogP) is 4.83. The summed E-state index contributed by atoms with van der Waals surface area (Å²) in [6, 6.07) is 8.33. The zero-order valence-electron chi connectivity index (χ0n) is 16.7. The summed E-state index contributed by atoms with van der Waals surface area (Å²) in [5.41, 5.74) is 0.539. The molecule has 1 aromatic rings. The van der Waals surface area contributed by atoms with Crippen LogP contribution in [0.15, 0.2) is 39.2 Å². The second-order valence-corrected chi connectivity index (χ2v) is 10.8. The molecule has 1 aromatic carbocycles. The van der Waals surface area contributed by atoms with Crippen molar-refractivity contribution in [2.45, 2.75) is 49.7 Å². The van der Waals surface area contributed by atoms with Crippen LogP contribution in [0.1, 0.15) is 44.1 Å². The van der Waals surface area contributed by atoms with E-state index in [0.717, 1.165) is 43.4 Å². The van der Waals surface area contributed by atoms with Crippen LogP contribution < -0.4 is 0 Å². The van der Waals surface area contributed by atoms with Crippen LogP contribution in [0.5, 0.6) is 0 Å². The summed E-state index contributed by atoms with van der Waals surface area (Å²) in [6.45, 7) is 0.721. The Kier molecular flexibility index (Phi) is 5.19. The van der Waals surface area contributed by atoms with Crippen molar-refractivity contribution in [1.82, 2.24) is 4.90 Å². The zero-order valence-corrected chi connectivity index (χ0v) is 21.1. The number of carbonyl (C=O) groups excluding carboxylic acids is 2. The summed E-state index contributed by atoms with van der Waals surface area (Å²) in [5, 5.41) is 0. The van der Waals surface area contributed by atoms with E-state index in [1.54, 1.807) is 7.11 Å². The molecule has 158 valence electrons. The molecule has 1 aliphatic carbocycles. The summed E-state index contributed by atoms with van der Waals surface area (Å²) in [7, 11) is 1.61. The van der Waals surface area contributed by atoms with Gasteiger partial charge in [-0.15, -0.1) is 0 Å². The first-order valence-electron chi connectivity index (χ1n) is 10.4. The number of rotatable bonds is 2. The van der Waals surface area contributed by atoms with E-state index in [1.165, 1.54) is 3.57 Å². The monoisotopic (exact) mass is 631 g/mol. The number of carbonyl (C=O) groups is 2. The molecular formula is C23H23I2NO4. The van der Waals surface area contributed by atoms with Crippen molar-refractivity contribution < 1.29 is 19.1 Å². The zero-order chi connectivity index (χ0) is 21.1. The molecule has 30 heavy (non-hydrogen) atoms. The Balaban J connectivity index is 1.76. The van der Waals surface area contributed by atoms with Crippen molar-refractivity contribution in [2.24, 2.45) is 5.92 Å². The molecule has 1 amide bonds. The third kappa shape index (κ3) is 2.69. The minimum Gasteiger partial charge on any atom is -0.495 e. The molecule has 3 fully saturated rings. The topological polar surface area (TPSA) is 55.8 Å². The maximum absolute atomic E-state index is 13.0. The van der Waals surface area contributed by atoms with Gasteiger partial charge < -0.3 is 14.4 Å². The normalized spacial score (nSPS) is 34.4. The van der Waals surface area contributed by atoms with Crippen molar-refractivity contribution in [3.8, 4) is 0 Å². The van der Waals surface area contributed by atoms with Crippen LogP contribution in [0.3, 0.4) is 0 Å². The summed E-state index contributed by atoms with van der Waals surface area (Å²) in [4.78, 5) is 27.9. The highest BCUT2D eigenvalue weighted by Gasteiger charge is 2.75. The van der Waals surface area contributed by atoms with Gasteiger partial charge in [0.25, 0.3) is 0 Å². The molecule has 5 nitrogen and oxygen atoms in total. The first-order valence-corrected chi connectivity index (χ1v) is 12.5. The summed E-state index contributed by atoms with van der Waals surface area (Å²) >= 11 is 4.34. The highest BCUT2D eigenvalue weighted by molar-refractivity contribution is 14.1. The second-order valence-electron chi connectivity index (χ2n) is 8.51. The minimum absolute atomic E-state index is 0.171. The number of hydrogen-bond acceptors (Lipinski definition) is 4. The lowest BCUT2D eigenvalue weighted by Gasteiger charge is -2.48. The predicted molar refractivity (Wildman–Crippen MR) is 130 cm³/mol. The van der Waals surface area contributed by atoms with E-state index in [2.05, 4.69) is 52.9 Å². The summed E-state index contributed by atoms with van der Waals surface area (Å²) < 4.78 is 13.9. The first kappa shape index (κ1) is 20.8. The van der Waals surface area contributed by atoms with Gasteiger partial charge in [-0.1, -0.05) is 24.6 Å². The van der Waals surface area contributed by atoms with E-state index < -0.39 is 11.1 Å². The minimum atomic E-state index is -1.03. The van der Waals surface area contributed by atoms with Crippen LogP contribution in [-0.2, 0) is 19.1 Å². The number of methoxy groups -OCH3 is 1. The van der Waals surface area contributed by atoms with Crippen molar-refractivity contribution in [3.63, 3.8) is 0 Å². The lowest BCUT2D eigenvalue weighted by Crippen LogP contribution is -2.63. The van der Waals surface area contributed by atoms with Crippen molar-refractivity contribution in [2.75, 3.05) is 13.7 Å². The van der Waals surface area contributed by atoms with E-state index in [9.17, 15) is 9.59 Å². The van der Waals surface area contributed by atoms with Crippen molar-refractivity contribution in [3.05, 3.63) is 48.3 Å². The number of ether oxygens (including phenoxy) is 2. The molecule has 0 unspecified atom stereocenters. The van der Waals surface area contributed by atoms with Crippen LogP contribution in [0, 0.1) is 9.49 Å². The molecule has 3 atom stereocenters. The van der Waals surface area contributed by atoms with Gasteiger partial charge >= 0.3 is 5.97 Å². The van der Waals surface area contributed by atoms with E-state index in [4.69, 9.17) is 9.47 Å². The molecule has 3 heterocycles. The Labute approximate surface area is 203 Å². The Hall–Kier alpha value is -1.10. The fourth-order valence-electron chi connectivity index (χ4n) is 6.18. The molecular weight excluding hydrogens is 608 g/mol. The highest BCUT2D eigenvalue weighted by atomic mass is 127. The van der Waals surface area contributed by atoms with Crippen molar-refractivity contribution in [1.29, 1.82) is 0 Å². The molecule has 2 spiro atoms. The maximum atomic E-state index is 13.0. The molecule has 4 aliphatic rings. The molecule has 0 bridgehead atoms. The lowest BCUT2D eigenvalue weighted by atomic mass is 9.72. The second kappa shape index (κ2) is 7.50. The van der Waals surface area contributed by atoms with Gasteiger partial charge in [0, 0.05) is 16.5 Å². The highest BCUT2D eigenvalue weighted by Crippen LogP contribution is 2.65. The van der Waals surface area contributed by atoms with Gasteiger partial charge in [-0.3, -0.25) is 4.79 Å². The van der Waals surface area contributed by atoms with Crippen LogP contribution in [0.2, 0.25) is 0 Å². The van der Waals surface area contributed by atoms with Crippen molar-refractivity contribution >= 4 is 63.1 Å². The molecule has 0 N–H and O–H groups in total. The SMILES string of the molecule is COC1=C(I)C(=O)O[C@@]12/C(=C/c1ccc(I)cc1)C[C@@H]1CCCCN3C(=O)CC[C@]132. The molecule has 7 heteroatoms. The van der Waals surface area contributed by atoms with Gasteiger partial charge in [0.2, 0.25) is 11.5 Å². The Morgan fingerprint density at radius 3 is 2.70 bits per heavy atom. The van der Waals surface area contributed by atoms with Gasteiger partial charge in [-0.25, -0.2) is 4.79 Å². The Morgan fingerprint density at radius 2 is 1.97 bits per heavy atom. The lowest BCUT2D eigenvalue weighted by molar-refractivity contribution is -0.161. The van der Waals surface area contributed by atoms with Gasteiger partial charge in [0.1, 0.15) is 3.58 Å². The third-order valence-electron chi connectivity index (χ3n) is 7.25. The third-order valence-corrected chi connectivity index (χ3v) is 8.90. The number of benzene rings is 1. The molecule has 0 radical (unpaired) electrons. The van der Waals surface area contributed by atoms with Crippen LogP contribution >= 0.6 is 45.2 Å². The maximum Gasteiger partial charge on any atom is 0.349 e. The smallest absolute Gasteiger partial charge is 0.349 e. The Morgan fingerprint density at radius 1 is 1.20 bits per heavy atom. The molecule has 2 saturated heterocycles. The summed E-state index contributed by atoms with van der Waals surface area (Å²) in [5.74, 6) is 0.653. The van der Waals surface area contributed by atoms with Gasteiger partial charge in [0.05, 0.1) is 12.6 Å². The van der Waals surface area contributed by atoms with Crippen LogP contribution in [-0.4, -0.2) is 41.6 Å². The number of hydrogen-bond donors (Lipinski definition) is 0. The first-order chi connectivity index (χ1) is 14.4. The Bertz CT molecular complexity index is 985. The number of halogens is 2. The standard InChI is InChI=1S/C23H23I2NO4/c1-29-20-19(25)21(28)30-23(20)16(12-14-5-7-17(24)8-6-14)13-15-4-2-3-11-26-18(27)9-10-22(15,23)26/h5-8,12,15H,2-4,9-11,13H2,1H3/b16-12+/t15-,22+,23-/m0/s1. The molecule has 5 rings (SSSR count). The van der Waals surface area contributed by atoms with Gasteiger partial charge in [0.15, 0.2) is 5.76 Å². The number of esters is 1.